The molecule has 2 aliphatic rings. The Balaban J connectivity index is 0.000000647. The number of nitrogens with zero attached hydrogens (tertiary/aromatic N) is 2. The monoisotopic (exact) mass is 348 g/mol. The fraction of sp³-hybridized carbons (Fsp3) is 0.474. The van der Waals surface area contributed by atoms with E-state index < -0.39 is 10.0 Å². The van der Waals surface area contributed by atoms with Gasteiger partial charge in [-0.1, -0.05) is 35.9 Å². The fourth-order valence-electron chi connectivity index (χ4n) is 3.53. The van der Waals surface area contributed by atoms with Gasteiger partial charge in [-0.15, -0.1) is 6.58 Å². The van der Waals surface area contributed by atoms with Gasteiger partial charge in [-0.25, -0.2) is 8.42 Å². The second kappa shape index (κ2) is 7.53. The minimum Gasteiger partial charge on any atom is -0.304 e. The first-order valence-corrected chi connectivity index (χ1v) is 9.96. The Morgan fingerprint density at radius 1 is 1.29 bits per heavy atom. The van der Waals surface area contributed by atoms with Crippen LogP contribution in [0.2, 0.25) is 0 Å². The van der Waals surface area contributed by atoms with Crippen LogP contribution in [0.5, 0.6) is 0 Å². The van der Waals surface area contributed by atoms with Gasteiger partial charge in [0.2, 0.25) is 10.0 Å². The molecule has 0 aliphatic carbocycles. The molecule has 0 N–H and O–H groups in total. The first-order chi connectivity index (χ1) is 11.4. The highest BCUT2D eigenvalue weighted by molar-refractivity contribution is 7.93. The number of hydrogen-bond acceptors (Lipinski definition) is 3. The Bertz CT molecular complexity index is 725. The first-order valence-electron chi connectivity index (χ1n) is 8.35. The van der Waals surface area contributed by atoms with E-state index >= 15 is 0 Å². The van der Waals surface area contributed by atoms with Crippen LogP contribution in [0.25, 0.3) is 0 Å². The van der Waals surface area contributed by atoms with E-state index in [1.165, 1.54) is 11.1 Å². The number of allylic oxidation sites excluding steroid dienone is 2. The molecule has 2 atom stereocenters. The highest BCUT2D eigenvalue weighted by Crippen LogP contribution is 2.46. The summed E-state index contributed by atoms with van der Waals surface area (Å²) >= 11 is 0. The quantitative estimate of drug-likeness (QED) is 0.787. The van der Waals surface area contributed by atoms with Crippen LogP contribution in [0.15, 0.2) is 43.0 Å². The molecule has 0 aromatic heterocycles. The lowest BCUT2D eigenvalue weighted by Crippen LogP contribution is -2.41. The lowest BCUT2D eigenvalue weighted by atomic mass is 9.97. The molecule has 1 saturated heterocycles. The predicted octanol–water partition coefficient (Wildman–Crippen LogP) is 3.31. The summed E-state index contributed by atoms with van der Waals surface area (Å²) in [6.45, 7) is 10.9. The maximum absolute atomic E-state index is 12.7. The number of likely N-dealkylation sites (N-methyl/N-ethyl adjacent to an activating group) is 1. The van der Waals surface area contributed by atoms with Gasteiger partial charge in [0.15, 0.2) is 0 Å². The van der Waals surface area contributed by atoms with Crippen molar-refractivity contribution in [2.75, 3.05) is 30.2 Å². The lowest BCUT2D eigenvalue weighted by Gasteiger charge is -2.26. The van der Waals surface area contributed by atoms with Crippen molar-refractivity contribution in [3.05, 3.63) is 54.1 Å². The number of likely N-dealkylation sites (tertiary alicyclic amines) is 1. The van der Waals surface area contributed by atoms with E-state index in [9.17, 15) is 8.42 Å². The zero-order chi connectivity index (χ0) is 17.9. The van der Waals surface area contributed by atoms with Crippen LogP contribution < -0.4 is 4.31 Å². The molecule has 0 radical (unpaired) electrons. The Morgan fingerprint density at radius 3 is 2.58 bits per heavy atom. The van der Waals surface area contributed by atoms with Gasteiger partial charge in [0.05, 0.1) is 17.5 Å². The average Bonchev–Trinajstić information content (AvgIpc) is 3.01. The maximum atomic E-state index is 12.7. The van der Waals surface area contributed by atoms with E-state index in [-0.39, 0.29) is 11.8 Å². The normalized spacial score (nSPS) is 22.9. The standard InChI is InChI=1S/C16H22N2O2S.C3H6/c1-4-5-8-21(19,20)18-15-7-6-12(2)9-13(15)14-10-17(3)11-16(14)18;1-3-2/h4-7,9,14,16H,8,10-11H2,1-3H3;3H,1H2,2H3/b5-4-;. The van der Waals surface area contributed by atoms with Gasteiger partial charge in [-0.05, 0) is 39.4 Å². The van der Waals surface area contributed by atoms with Crippen LogP contribution in [0.3, 0.4) is 0 Å². The topological polar surface area (TPSA) is 40.6 Å². The molecule has 1 aromatic rings. The second-order valence-electron chi connectivity index (χ2n) is 6.51. The fourth-order valence-corrected chi connectivity index (χ4v) is 5.21. The number of hydrogen-bond donors (Lipinski definition) is 0. The van der Waals surface area contributed by atoms with Gasteiger partial charge in [-0.3, -0.25) is 4.31 Å². The third kappa shape index (κ3) is 3.57. The molecule has 132 valence electrons. The molecule has 0 spiro atoms. The second-order valence-corrected chi connectivity index (χ2v) is 8.40. The average molecular weight is 349 g/mol. The predicted molar refractivity (Wildman–Crippen MR) is 102 cm³/mol. The number of aryl methyl sites for hydroxylation is 1. The van der Waals surface area contributed by atoms with Crippen molar-refractivity contribution in [2.45, 2.75) is 32.7 Å². The van der Waals surface area contributed by atoms with E-state index in [0.717, 1.165) is 18.8 Å². The minimum atomic E-state index is -3.31. The summed E-state index contributed by atoms with van der Waals surface area (Å²) < 4.78 is 27.2. The van der Waals surface area contributed by atoms with Gasteiger partial charge in [0.25, 0.3) is 0 Å². The SMILES string of the molecule is C/C=C\CS(=O)(=O)N1c2ccc(C)cc2C2CN(C)CC21.C=CC. The van der Waals surface area contributed by atoms with Gasteiger partial charge in [0.1, 0.15) is 0 Å². The van der Waals surface area contributed by atoms with Crippen molar-refractivity contribution in [3.63, 3.8) is 0 Å². The number of rotatable bonds is 3. The minimum absolute atomic E-state index is 0.0436. The summed E-state index contributed by atoms with van der Waals surface area (Å²) in [4.78, 5) is 2.22. The van der Waals surface area contributed by atoms with Crippen molar-refractivity contribution in [1.29, 1.82) is 0 Å². The molecule has 1 fully saturated rings. The zero-order valence-corrected chi connectivity index (χ0v) is 15.9. The third-order valence-electron chi connectivity index (χ3n) is 4.43. The summed E-state index contributed by atoms with van der Waals surface area (Å²) in [5, 5.41) is 0. The molecular weight excluding hydrogens is 320 g/mol. The molecule has 0 amide bonds. The summed E-state index contributed by atoms with van der Waals surface area (Å²) in [5.41, 5.74) is 3.26. The van der Waals surface area contributed by atoms with Gasteiger partial charge in [-0.2, -0.15) is 0 Å². The Kier molecular flexibility index (Phi) is 5.88. The molecule has 3 rings (SSSR count). The Morgan fingerprint density at radius 2 is 1.96 bits per heavy atom. The van der Waals surface area contributed by atoms with Crippen molar-refractivity contribution in [3.8, 4) is 0 Å². The molecule has 0 saturated carbocycles. The van der Waals surface area contributed by atoms with Crippen LogP contribution >= 0.6 is 0 Å². The molecule has 2 heterocycles. The molecule has 1 aromatic carbocycles. The number of sulfonamides is 1. The number of fused-ring (bicyclic) bond motifs is 3. The van der Waals surface area contributed by atoms with Gasteiger partial charge in [0, 0.05) is 19.0 Å². The zero-order valence-electron chi connectivity index (χ0n) is 15.1. The Hall–Kier alpha value is -1.59. The smallest absolute Gasteiger partial charge is 0.239 e. The van der Waals surface area contributed by atoms with E-state index in [1.807, 2.05) is 26.0 Å². The van der Waals surface area contributed by atoms with Gasteiger partial charge < -0.3 is 4.90 Å². The molecule has 24 heavy (non-hydrogen) atoms. The van der Waals surface area contributed by atoms with Crippen LogP contribution in [-0.2, 0) is 10.0 Å². The van der Waals surface area contributed by atoms with E-state index in [0.29, 0.717) is 5.92 Å². The molecule has 2 aliphatic heterocycles. The van der Waals surface area contributed by atoms with E-state index in [1.54, 1.807) is 22.5 Å². The van der Waals surface area contributed by atoms with Crippen LogP contribution in [0.4, 0.5) is 5.69 Å². The van der Waals surface area contributed by atoms with Crippen LogP contribution in [-0.4, -0.2) is 45.2 Å². The number of benzene rings is 1. The van der Waals surface area contributed by atoms with Crippen molar-refractivity contribution < 1.29 is 8.42 Å². The number of anilines is 1. The lowest BCUT2D eigenvalue weighted by molar-refractivity contribution is 0.406. The Labute approximate surface area is 146 Å². The maximum Gasteiger partial charge on any atom is 0.239 e. The summed E-state index contributed by atoms with van der Waals surface area (Å²) in [7, 11) is -1.25. The molecular formula is C19H28N2O2S. The van der Waals surface area contributed by atoms with Crippen molar-refractivity contribution >= 4 is 15.7 Å². The summed E-state index contributed by atoms with van der Waals surface area (Å²) in [6, 6.07) is 6.16. The largest absolute Gasteiger partial charge is 0.304 e. The summed E-state index contributed by atoms with van der Waals surface area (Å²) in [6.07, 6.45) is 5.26. The van der Waals surface area contributed by atoms with E-state index in [2.05, 4.69) is 31.5 Å². The molecule has 5 heteroatoms. The van der Waals surface area contributed by atoms with E-state index in [4.69, 9.17) is 0 Å². The van der Waals surface area contributed by atoms with Crippen LogP contribution in [0.1, 0.15) is 30.9 Å². The highest BCUT2D eigenvalue weighted by Gasteiger charge is 2.47. The van der Waals surface area contributed by atoms with Crippen molar-refractivity contribution in [1.82, 2.24) is 4.90 Å². The van der Waals surface area contributed by atoms with Gasteiger partial charge >= 0.3 is 0 Å². The molecule has 4 nitrogen and oxygen atoms in total. The highest BCUT2D eigenvalue weighted by atomic mass is 32.2. The molecule has 2 unspecified atom stereocenters. The first kappa shape index (κ1) is 18.7. The van der Waals surface area contributed by atoms with Crippen molar-refractivity contribution in [2.24, 2.45) is 0 Å². The third-order valence-corrected chi connectivity index (χ3v) is 6.12. The van der Waals surface area contributed by atoms with Crippen LogP contribution in [0, 0.1) is 6.92 Å². The molecule has 0 bridgehead atoms. The summed E-state index contributed by atoms with van der Waals surface area (Å²) in [5.74, 6) is 0.370.